The molecule has 0 amide bonds. The van der Waals surface area contributed by atoms with Gasteiger partial charge < -0.3 is 5.32 Å². The molecule has 0 aliphatic rings. The molecule has 140 valence electrons. The Morgan fingerprint density at radius 1 is 0.821 bits per heavy atom. The zero-order valence-electron chi connectivity index (χ0n) is 16.4. The molecule has 3 nitrogen and oxygen atoms in total. The number of hydrogen-bond acceptors (Lipinski definition) is 3. The molecule has 3 heteroatoms. The Bertz CT molecular complexity index is 1090. The highest BCUT2D eigenvalue weighted by molar-refractivity contribution is 6.02. The number of aldehydes is 1. The summed E-state index contributed by atoms with van der Waals surface area (Å²) in [7, 11) is 0. The standard InChI is InChI=1S/C23H18N2O.C2H6/c1-16-19(17-7-3-2-4-8-17)9-5-11-21(16)25-22-12-6-10-20-18(15-26)13-14-24-23(20)22;1-2/h2-15,25H,1H3;1-2H3. The predicted molar refractivity (Wildman–Crippen MR) is 118 cm³/mol. The van der Waals surface area contributed by atoms with Gasteiger partial charge in [-0.15, -0.1) is 0 Å². The number of rotatable bonds is 4. The lowest BCUT2D eigenvalue weighted by molar-refractivity contribution is 0.112. The maximum atomic E-state index is 11.3. The average Bonchev–Trinajstić information content (AvgIpc) is 2.77. The summed E-state index contributed by atoms with van der Waals surface area (Å²) in [5, 5.41) is 4.35. The molecule has 0 unspecified atom stereocenters. The molecule has 0 atom stereocenters. The lowest BCUT2D eigenvalue weighted by Crippen LogP contribution is -1.97. The number of nitrogens with one attached hydrogen (secondary N) is 1. The van der Waals surface area contributed by atoms with Crippen LogP contribution in [0, 0.1) is 6.92 Å². The van der Waals surface area contributed by atoms with E-state index >= 15 is 0 Å². The molecule has 0 aliphatic carbocycles. The van der Waals surface area contributed by atoms with E-state index in [0.717, 1.165) is 28.6 Å². The van der Waals surface area contributed by atoms with Gasteiger partial charge in [0.05, 0.1) is 11.2 Å². The zero-order valence-corrected chi connectivity index (χ0v) is 16.4. The number of fused-ring (bicyclic) bond motifs is 1. The fourth-order valence-electron chi connectivity index (χ4n) is 3.25. The highest BCUT2D eigenvalue weighted by atomic mass is 16.1. The lowest BCUT2D eigenvalue weighted by atomic mass is 9.99. The van der Waals surface area contributed by atoms with Crippen molar-refractivity contribution >= 4 is 28.6 Å². The van der Waals surface area contributed by atoms with Crippen LogP contribution in [0.1, 0.15) is 29.8 Å². The summed E-state index contributed by atoms with van der Waals surface area (Å²) in [5.74, 6) is 0. The predicted octanol–water partition coefficient (Wildman–Crippen LogP) is 6.79. The van der Waals surface area contributed by atoms with E-state index in [1.54, 1.807) is 12.3 Å². The number of carbonyl (C=O) groups excluding carboxylic acids is 1. The average molecular weight is 368 g/mol. The fraction of sp³-hybridized carbons (Fsp3) is 0.120. The van der Waals surface area contributed by atoms with Gasteiger partial charge >= 0.3 is 0 Å². The van der Waals surface area contributed by atoms with Crippen LogP contribution in [0.2, 0.25) is 0 Å². The van der Waals surface area contributed by atoms with Gasteiger partial charge in [-0.1, -0.05) is 68.4 Å². The lowest BCUT2D eigenvalue weighted by Gasteiger charge is -2.15. The van der Waals surface area contributed by atoms with Crippen molar-refractivity contribution in [1.29, 1.82) is 0 Å². The summed E-state index contributed by atoms with van der Waals surface area (Å²) < 4.78 is 0. The molecular formula is C25H24N2O. The van der Waals surface area contributed by atoms with Crippen molar-refractivity contribution in [3.63, 3.8) is 0 Å². The van der Waals surface area contributed by atoms with Crippen LogP contribution in [0.25, 0.3) is 22.0 Å². The van der Waals surface area contributed by atoms with E-state index in [2.05, 4.69) is 41.5 Å². The van der Waals surface area contributed by atoms with Crippen LogP contribution in [0.5, 0.6) is 0 Å². The van der Waals surface area contributed by atoms with E-state index in [-0.39, 0.29) is 0 Å². The second-order valence-electron chi connectivity index (χ2n) is 6.19. The molecule has 0 bridgehead atoms. The molecule has 0 radical (unpaired) electrons. The quantitative estimate of drug-likeness (QED) is 0.403. The molecule has 3 aromatic carbocycles. The van der Waals surface area contributed by atoms with Crippen LogP contribution in [-0.4, -0.2) is 11.3 Å². The Hall–Kier alpha value is -3.46. The minimum Gasteiger partial charge on any atom is -0.354 e. The molecule has 0 saturated heterocycles. The molecule has 4 rings (SSSR count). The van der Waals surface area contributed by atoms with Crippen molar-refractivity contribution in [2.75, 3.05) is 5.32 Å². The molecule has 0 spiro atoms. The van der Waals surface area contributed by atoms with Crippen molar-refractivity contribution in [3.05, 3.63) is 90.1 Å². The maximum Gasteiger partial charge on any atom is 0.150 e. The molecular weight excluding hydrogens is 344 g/mol. The Morgan fingerprint density at radius 2 is 1.54 bits per heavy atom. The van der Waals surface area contributed by atoms with Gasteiger partial charge in [0, 0.05) is 22.8 Å². The van der Waals surface area contributed by atoms with E-state index < -0.39 is 0 Å². The first-order valence-electron chi connectivity index (χ1n) is 9.53. The highest BCUT2D eigenvalue weighted by Crippen LogP contribution is 2.32. The van der Waals surface area contributed by atoms with Gasteiger partial charge in [0.1, 0.15) is 0 Å². The SMILES string of the molecule is CC.Cc1c(Nc2cccc3c(C=O)ccnc23)cccc1-c1ccccc1. The summed E-state index contributed by atoms with van der Waals surface area (Å²) in [6.07, 6.45) is 2.54. The van der Waals surface area contributed by atoms with E-state index in [1.165, 1.54) is 16.7 Å². The second kappa shape index (κ2) is 8.96. The molecule has 4 aromatic rings. The first-order valence-corrected chi connectivity index (χ1v) is 9.53. The van der Waals surface area contributed by atoms with E-state index in [1.807, 2.05) is 56.3 Å². The van der Waals surface area contributed by atoms with Crippen molar-refractivity contribution < 1.29 is 4.79 Å². The molecule has 1 N–H and O–H groups in total. The smallest absolute Gasteiger partial charge is 0.150 e. The summed E-state index contributed by atoms with van der Waals surface area (Å²) in [4.78, 5) is 15.8. The first kappa shape index (κ1) is 19.3. The van der Waals surface area contributed by atoms with Crippen LogP contribution in [0.4, 0.5) is 11.4 Å². The van der Waals surface area contributed by atoms with Crippen LogP contribution < -0.4 is 5.32 Å². The van der Waals surface area contributed by atoms with E-state index in [4.69, 9.17) is 0 Å². The number of pyridine rings is 1. The number of aromatic nitrogens is 1. The third kappa shape index (κ3) is 3.79. The molecule has 0 saturated carbocycles. The minimum atomic E-state index is 0.647. The highest BCUT2D eigenvalue weighted by Gasteiger charge is 2.09. The molecule has 0 aliphatic heterocycles. The van der Waals surface area contributed by atoms with Crippen molar-refractivity contribution in [2.24, 2.45) is 0 Å². The fourth-order valence-corrected chi connectivity index (χ4v) is 3.25. The summed E-state index contributed by atoms with van der Waals surface area (Å²) in [6.45, 7) is 6.11. The zero-order chi connectivity index (χ0) is 19.9. The number of nitrogens with zero attached hydrogens (tertiary/aromatic N) is 1. The third-order valence-electron chi connectivity index (χ3n) is 4.62. The van der Waals surface area contributed by atoms with E-state index in [9.17, 15) is 4.79 Å². The minimum absolute atomic E-state index is 0.647. The normalized spacial score (nSPS) is 10.1. The summed E-state index contributed by atoms with van der Waals surface area (Å²) in [5.41, 5.74) is 6.90. The summed E-state index contributed by atoms with van der Waals surface area (Å²) in [6, 6.07) is 24.2. The Kier molecular flexibility index (Phi) is 6.18. The van der Waals surface area contributed by atoms with Gasteiger partial charge in [0.15, 0.2) is 6.29 Å². The van der Waals surface area contributed by atoms with Crippen LogP contribution in [0.3, 0.4) is 0 Å². The second-order valence-corrected chi connectivity index (χ2v) is 6.19. The Morgan fingerprint density at radius 3 is 2.29 bits per heavy atom. The largest absolute Gasteiger partial charge is 0.354 e. The topological polar surface area (TPSA) is 42.0 Å². The third-order valence-corrected chi connectivity index (χ3v) is 4.62. The number of benzene rings is 3. The van der Waals surface area contributed by atoms with Gasteiger partial charge in [-0.05, 0) is 41.8 Å². The van der Waals surface area contributed by atoms with Crippen molar-refractivity contribution in [3.8, 4) is 11.1 Å². The Balaban J connectivity index is 0.00000109. The Labute approximate surface area is 166 Å². The molecule has 1 heterocycles. The monoisotopic (exact) mass is 368 g/mol. The molecule has 1 aromatic heterocycles. The number of carbonyl (C=O) groups is 1. The molecule has 28 heavy (non-hydrogen) atoms. The van der Waals surface area contributed by atoms with E-state index in [0.29, 0.717) is 5.56 Å². The number of para-hydroxylation sites is 1. The van der Waals surface area contributed by atoms with Gasteiger partial charge in [0.2, 0.25) is 0 Å². The van der Waals surface area contributed by atoms with Gasteiger partial charge in [0.25, 0.3) is 0 Å². The first-order chi connectivity index (χ1) is 13.8. The number of hydrogen-bond donors (Lipinski definition) is 1. The maximum absolute atomic E-state index is 11.3. The van der Waals surface area contributed by atoms with Gasteiger partial charge in [-0.25, -0.2) is 0 Å². The van der Waals surface area contributed by atoms with Gasteiger partial charge in [-0.2, -0.15) is 0 Å². The number of anilines is 2. The molecule has 0 fully saturated rings. The van der Waals surface area contributed by atoms with Crippen LogP contribution >= 0.6 is 0 Å². The van der Waals surface area contributed by atoms with Crippen molar-refractivity contribution in [1.82, 2.24) is 4.98 Å². The summed E-state index contributed by atoms with van der Waals surface area (Å²) >= 11 is 0. The van der Waals surface area contributed by atoms with Crippen LogP contribution in [0.15, 0.2) is 79.0 Å². The van der Waals surface area contributed by atoms with Crippen molar-refractivity contribution in [2.45, 2.75) is 20.8 Å². The van der Waals surface area contributed by atoms with Gasteiger partial charge in [-0.3, -0.25) is 9.78 Å². The van der Waals surface area contributed by atoms with Crippen LogP contribution in [-0.2, 0) is 0 Å².